The Bertz CT molecular complexity index is 638. The molecule has 108 valence electrons. The van der Waals surface area contributed by atoms with Gasteiger partial charge < -0.3 is 19.8 Å². The summed E-state index contributed by atoms with van der Waals surface area (Å²) in [4.78, 5) is 18.0. The zero-order valence-corrected chi connectivity index (χ0v) is 12.2. The first-order valence-electron chi connectivity index (χ1n) is 6.49. The lowest BCUT2D eigenvalue weighted by molar-refractivity contribution is -0.389. The molecule has 7 nitrogen and oxygen atoms in total. The van der Waals surface area contributed by atoms with E-state index in [4.69, 9.17) is 4.74 Å². The van der Waals surface area contributed by atoms with Crippen LogP contribution in [0.5, 0.6) is 0 Å². The van der Waals surface area contributed by atoms with Gasteiger partial charge in [0.1, 0.15) is 6.20 Å². The number of fused-ring (bicyclic) bond motifs is 1. The number of thiazole rings is 1. The van der Waals surface area contributed by atoms with Crippen LogP contribution in [0.4, 0.5) is 11.6 Å². The van der Waals surface area contributed by atoms with Gasteiger partial charge in [-0.05, 0) is 17.3 Å². The van der Waals surface area contributed by atoms with Crippen LogP contribution in [0.2, 0.25) is 0 Å². The molecule has 2 aromatic rings. The second kappa shape index (κ2) is 5.02. The van der Waals surface area contributed by atoms with E-state index in [1.165, 1.54) is 11.3 Å². The summed E-state index contributed by atoms with van der Waals surface area (Å²) in [5.41, 5.74) is 0. The summed E-state index contributed by atoms with van der Waals surface area (Å²) in [6.45, 7) is 3.56. The lowest BCUT2D eigenvalue weighted by atomic mass is 9.96. The molecule has 3 rings (SSSR count). The number of imidazole rings is 1. The Morgan fingerprint density at radius 2 is 2.40 bits per heavy atom. The monoisotopic (exact) mass is 296 g/mol. The maximum atomic E-state index is 11.3. The Hall–Kier alpha value is -1.67. The Labute approximate surface area is 119 Å². The molecule has 0 amide bonds. The summed E-state index contributed by atoms with van der Waals surface area (Å²) in [5.74, 6) is 0.959. The highest BCUT2D eigenvalue weighted by atomic mass is 32.1. The number of methoxy groups -OCH3 is 1. The topological polar surface area (TPSA) is 72.9 Å². The molecule has 0 bridgehead atoms. The molecule has 2 atom stereocenters. The van der Waals surface area contributed by atoms with Crippen molar-refractivity contribution in [1.29, 1.82) is 0 Å². The van der Waals surface area contributed by atoms with E-state index in [-0.39, 0.29) is 16.8 Å². The molecule has 8 heteroatoms. The minimum atomic E-state index is -0.359. The summed E-state index contributed by atoms with van der Waals surface area (Å²) < 4.78 is 7.01. The molecule has 1 aliphatic rings. The summed E-state index contributed by atoms with van der Waals surface area (Å²) >= 11 is 1.40. The molecule has 0 saturated carbocycles. The van der Waals surface area contributed by atoms with E-state index in [2.05, 4.69) is 11.9 Å². The third kappa shape index (κ3) is 2.04. The van der Waals surface area contributed by atoms with E-state index < -0.39 is 0 Å². The van der Waals surface area contributed by atoms with Gasteiger partial charge >= 0.3 is 5.82 Å². The van der Waals surface area contributed by atoms with E-state index >= 15 is 0 Å². The van der Waals surface area contributed by atoms with Crippen LogP contribution in [-0.2, 0) is 4.74 Å². The van der Waals surface area contributed by atoms with Crippen molar-refractivity contribution in [3.8, 4) is 0 Å². The van der Waals surface area contributed by atoms with Crippen molar-refractivity contribution in [2.75, 3.05) is 25.1 Å². The van der Waals surface area contributed by atoms with Crippen molar-refractivity contribution >= 4 is 27.9 Å². The molecule has 1 saturated heterocycles. The molecular weight excluding hydrogens is 280 g/mol. The average molecular weight is 296 g/mol. The van der Waals surface area contributed by atoms with Crippen molar-refractivity contribution in [3.63, 3.8) is 0 Å². The zero-order chi connectivity index (χ0) is 14.3. The predicted octanol–water partition coefficient (Wildman–Crippen LogP) is 2.17. The van der Waals surface area contributed by atoms with E-state index in [0.717, 1.165) is 13.0 Å². The van der Waals surface area contributed by atoms with Gasteiger partial charge in [0.05, 0.1) is 6.10 Å². The number of hydrogen-bond donors (Lipinski definition) is 0. The first-order chi connectivity index (χ1) is 9.61. The quantitative estimate of drug-likeness (QED) is 0.641. The molecule has 3 heterocycles. The maximum absolute atomic E-state index is 11.3. The number of rotatable bonds is 3. The van der Waals surface area contributed by atoms with Crippen LogP contribution >= 0.6 is 11.3 Å². The van der Waals surface area contributed by atoms with Crippen LogP contribution < -0.4 is 4.90 Å². The van der Waals surface area contributed by atoms with Crippen molar-refractivity contribution in [1.82, 2.24) is 9.38 Å². The van der Waals surface area contributed by atoms with E-state index in [1.54, 1.807) is 23.1 Å². The minimum absolute atomic E-state index is 0.0469. The third-order valence-corrected chi connectivity index (χ3v) is 4.64. The summed E-state index contributed by atoms with van der Waals surface area (Å²) in [7, 11) is 1.69. The number of nitrogens with zero attached hydrogens (tertiary/aromatic N) is 4. The molecule has 1 fully saturated rings. The zero-order valence-electron chi connectivity index (χ0n) is 11.4. The molecule has 0 aromatic carbocycles. The highest BCUT2D eigenvalue weighted by Gasteiger charge is 2.33. The highest BCUT2D eigenvalue weighted by molar-refractivity contribution is 7.15. The molecule has 0 radical (unpaired) electrons. The van der Waals surface area contributed by atoms with Gasteiger partial charge in [-0.2, -0.15) is 9.38 Å². The number of ether oxygens (including phenoxy) is 1. The van der Waals surface area contributed by atoms with Crippen LogP contribution in [0.15, 0.2) is 11.6 Å². The van der Waals surface area contributed by atoms with Crippen LogP contribution in [0, 0.1) is 16.0 Å². The van der Waals surface area contributed by atoms with Crippen LogP contribution in [0.25, 0.3) is 4.96 Å². The fourth-order valence-corrected chi connectivity index (χ4v) is 3.38. The molecule has 0 N–H and O–H groups in total. The van der Waals surface area contributed by atoms with Crippen molar-refractivity contribution in [2.45, 2.75) is 19.4 Å². The lowest BCUT2D eigenvalue weighted by Gasteiger charge is -2.35. The highest BCUT2D eigenvalue weighted by Crippen LogP contribution is 2.33. The van der Waals surface area contributed by atoms with Gasteiger partial charge in [-0.25, -0.2) is 0 Å². The van der Waals surface area contributed by atoms with Crippen molar-refractivity contribution < 1.29 is 9.66 Å². The van der Waals surface area contributed by atoms with Gasteiger partial charge in [0.15, 0.2) is 0 Å². The lowest BCUT2D eigenvalue weighted by Crippen LogP contribution is -2.44. The molecule has 0 spiro atoms. The van der Waals surface area contributed by atoms with E-state index in [1.807, 2.05) is 4.90 Å². The molecule has 1 aliphatic heterocycles. The fraction of sp³-hybridized carbons (Fsp3) is 0.583. The number of hydrogen-bond acceptors (Lipinski definition) is 6. The Morgan fingerprint density at radius 3 is 3.10 bits per heavy atom. The third-order valence-electron chi connectivity index (χ3n) is 3.88. The maximum Gasteiger partial charge on any atom is 0.373 e. The smallest absolute Gasteiger partial charge is 0.373 e. The van der Waals surface area contributed by atoms with Crippen molar-refractivity contribution in [2.24, 2.45) is 5.92 Å². The van der Waals surface area contributed by atoms with Crippen LogP contribution in [0.1, 0.15) is 13.3 Å². The number of aromatic nitrogens is 2. The standard InChI is InChI=1S/C12H16N4O3S/c1-8-3-4-14(7-9(8)19-2)10-11(16(17)18)15-5-6-20-12(15)13-10/h5-6,8-9H,3-4,7H2,1-2H3. The van der Waals surface area contributed by atoms with E-state index in [0.29, 0.717) is 23.2 Å². The van der Waals surface area contributed by atoms with E-state index in [9.17, 15) is 10.1 Å². The van der Waals surface area contributed by atoms with Gasteiger partial charge in [-0.3, -0.25) is 0 Å². The SMILES string of the molecule is COC1CN(c2nc3sccn3c2[N+](=O)[O-])CCC1C. The molecular formula is C12H16N4O3S. The van der Waals surface area contributed by atoms with Crippen LogP contribution in [0.3, 0.4) is 0 Å². The summed E-state index contributed by atoms with van der Waals surface area (Å²) in [6.07, 6.45) is 2.72. The minimum Gasteiger partial charge on any atom is -0.379 e. The van der Waals surface area contributed by atoms with Crippen molar-refractivity contribution in [3.05, 3.63) is 21.7 Å². The largest absolute Gasteiger partial charge is 0.379 e. The van der Waals surface area contributed by atoms with Gasteiger partial charge in [-0.1, -0.05) is 18.3 Å². The predicted molar refractivity (Wildman–Crippen MR) is 76.5 cm³/mol. The Morgan fingerprint density at radius 1 is 1.60 bits per heavy atom. The van der Waals surface area contributed by atoms with Crippen LogP contribution in [-0.4, -0.2) is 40.6 Å². The van der Waals surface area contributed by atoms with Gasteiger partial charge in [-0.15, -0.1) is 0 Å². The number of nitro groups is 1. The molecule has 2 aromatic heterocycles. The summed E-state index contributed by atoms with van der Waals surface area (Å²) in [6, 6.07) is 0. The first-order valence-corrected chi connectivity index (χ1v) is 7.37. The van der Waals surface area contributed by atoms with Gasteiger partial charge in [0.25, 0.3) is 4.96 Å². The second-order valence-electron chi connectivity index (χ2n) is 5.06. The molecule has 20 heavy (non-hydrogen) atoms. The van der Waals surface area contributed by atoms with Gasteiger partial charge in [0, 0.05) is 25.6 Å². The second-order valence-corrected chi connectivity index (χ2v) is 5.93. The number of piperidine rings is 1. The molecule has 0 aliphatic carbocycles. The first kappa shape index (κ1) is 13.3. The average Bonchev–Trinajstić information content (AvgIpc) is 2.98. The summed E-state index contributed by atoms with van der Waals surface area (Å²) in [5, 5.41) is 13.1. The Balaban J connectivity index is 1.99. The fourth-order valence-electron chi connectivity index (χ4n) is 2.68. The normalized spacial score (nSPS) is 23.4. The Kier molecular flexibility index (Phi) is 3.35. The number of anilines is 1. The molecule has 2 unspecified atom stereocenters. The van der Waals surface area contributed by atoms with Gasteiger partial charge in [0.2, 0.25) is 5.82 Å².